The van der Waals surface area contributed by atoms with E-state index in [4.69, 9.17) is 34.4 Å². The highest BCUT2D eigenvalue weighted by Crippen LogP contribution is 2.18. The second-order valence-corrected chi connectivity index (χ2v) is 26.3. The second-order valence-electron chi connectivity index (χ2n) is 26.3. The highest BCUT2D eigenvalue weighted by atomic mass is 16.4. The molecule has 1 fully saturated rings. The Morgan fingerprint density at radius 1 is 0.581 bits per heavy atom. The quantitative estimate of drug-likeness (QED) is 0.0417. The lowest BCUT2D eigenvalue weighted by atomic mass is 9.98. The number of rotatable bonds is 51. The van der Waals surface area contributed by atoms with Crippen LogP contribution in [0.4, 0.5) is 0 Å². The number of unbranched alkanes of at least 4 members (excludes halogenated alkanes) is 16. The molecule has 26 heteroatoms. The van der Waals surface area contributed by atoms with Gasteiger partial charge in [0.15, 0.2) is 0 Å². The number of aliphatic carboxylic acids is 1. The van der Waals surface area contributed by atoms with Crippen molar-refractivity contribution in [3.63, 3.8) is 0 Å². The minimum Gasteiger partial charge on any atom is -0.480 e. The highest BCUT2D eigenvalue weighted by molar-refractivity contribution is 5.99. The molecule has 1 heterocycles. The van der Waals surface area contributed by atoms with Crippen LogP contribution in [0.3, 0.4) is 0 Å². The standard InChI is InChI=1S/C67H121N13O13/c1-44(68)27-17-8-4-9-20-30-48(69)31-21-10-5-11-22-32-49(70)33-23-12-6-13-24-34-50(71)35-25-14-7-15-26-36-51(82)37-38-74-58(85)43-56(83)62(46(3)81)80-66(91)61-45(2)75-60(87)42-55(64(89)77-54(41-57(73)84)65(90)79-61)78-63(88)53(39-47-28-18-16-19-29-47)76-59(86)40-52(72)67(92)93/h16,18-19,28-29,44-46,48-56,61-62,81-83H,4-15,17,20-27,30-43,68-72H2,1-3H3,(H2,73,84)(H,74,85)(H,75,87)(H,76,86)(H,77,89)(H,78,88)(H,79,90)(H,80,91)(H,92,93)/t44?,45?,46-,48?,49?,50?,51?,52?,53+,54?,55?,56?,61?,62?/m1/s1. The first-order chi connectivity index (χ1) is 44.2. The number of primary amides is 1. The number of carboxylic acids is 1. The molecular formula is C67H121N13O13. The fourth-order valence-corrected chi connectivity index (χ4v) is 11.6. The van der Waals surface area contributed by atoms with Crippen molar-refractivity contribution in [1.29, 1.82) is 0 Å². The minimum atomic E-state index is -1.77. The van der Waals surface area contributed by atoms with Gasteiger partial charge in [0.2, 0.25) is 47.3 Å². The summed E-state index contributed by atoms with van der Waals surface area (Å²) in [5.74, 6) is -9.36. The van der Waals surface area contributed by atoms with Gasteiger partial charge in [0.25, 0.3) is 0 Å². The smallest absolute Gasteiger partial charge is 0.321 e. The number of aliphatic hydroxyl groups is 3. The first-order valence-corrected chi connectivity index (χ1v) is 34.7. The zero-order valence-corrected chi connectivity index (χ0v) is 56.1. The summed E-state index contributed by atoms with van der Waals surface area (Å²) in [6.07, 6.45) is 25.0. The van der Waals surface area contributed by atoms with E-state index in [0.29, 0.717) is 30.1 Å². The molecule has 1 aliphatic heterocycles. The van der Waals surface area contributed by atoms with Gasteiger partial charge in [0, 0.05) is 37.1 Å². The number of hydrogen-bond acceptors (Lipinski definition) is 17. The monoisotopic (exact) mass is 1320 g/mol. The van der Waals surface area contributed by atoms with Gasteiger partial charge < -0.3 is 92.0 Å². The van der Waals surface area contributed by atoms with Crippen molar-refractivity contribution in [2.45, 2.75) is 324 Å². The maximum absolute atomic E-state index is 14.0. The van der Waals surface area contributed by atoms with Crippen LogP contribution in [0.5, 0.6) is 0 Å². The summed E-state index contributed by atoms with van der Waals surface area (Å²) in [5, 5.41) is 58.7. The molecule has 1 aliphatic rings. The Kier molecular flexibility index (Phi) is 43.6. The number of carbonyl (C=O) groups excluding carboxylic acids is 8. The van der Waals surface area contributed by atoms with Gasteiger partial charge in [-0.15, -0.1) is 0 Å². The molecule has 0 aromatic heterocycles. The third kappa shape index (κ3) is 39.6. The number of carboxylic acid groups (broad SMARTS) is 1. The molecule has 1 aromatic carbocycles. The van der Waals surface area contributed by atoms with Crippen molar-refractivity contribution in [2.75, 3.05) is 6.54 Å². The van der Waals surface area contributed by atoms with Crippen LogP contribution >= 0.6 is 0 Å². The molecule has 0 aliphatic carbocycles. The predicted molar refractivity (Wildman–Crippen MR) is 359 cm³/mol. The average molecular weight is 1320 g/mol. The maximum Gasteiger partial charge on any atom is 0.321 e. The highest BCUT2D eigenvalue weighted by Gasteiger charge is 2.39. The van der Waals surface area contributed by atoms with Crippen molar-refractivity contribution in [3.8, 4) is 0 Å². The third-order valence-corrected chi connectivity index (χ3v) is 17.3. The van der Waals surface area contributed by atoms with Gasteiger partial charge in [-0.05, 0) is 84.1 Å². The van der Waals surface area contributed by atoms with Crippen molar-refractivity contribution < 1.29 is 63.6 Å². The number of nitrogens with one attached hydrogen (secondary N) is 7. The van der Waals surface area contributed by atoms with Crippen LogP contribution in [0.2, 0.25) is 0 Å². The Morgan fingerprint density at radius 2 is 1.05 bits per heavy atom. The molecule has 0 spiro atoms. The topological polar surface area (TPSA) is 475 Å². The van der Waals surface area contributed by atoms with Crippen LogP contribution in [-0.2, 0) is 49.6 Å². The molecule has 0 bridgehead atoms. The zero-order valence-electron chi connectivity index (χ0n) is 56.1. The normalized spacial score (nSPS) is 19.5. The van der Waals surface area contributed by atoms with Crippen LogP contribution in [0.15, 0.2) is 30.3 Å². The van der Waals surface area contributed by atoms with Gasteiger partial charge in [0.05, 0.1) is 56.1 Å². The summed E-state index contributed by atoms with van der Waals surface area (Å²) in [4.78, 5) is 118. The van der Waals surface area contributed by atoms with Gasteiger partial charge in [-0.25, -0.2) is 0 Å². The summed E-state index contributed by atoms with van der Waals surface area (Å²) in [7, 11) is 0. The third-order valence-electron chi connectivity index (χ3n) is 17.3. The lowest BCUT2D eigenvalue weighted by molar-refractivity contribution is -0.140. The van der Waals surface area contributed by atoms with Gasteiger partial charge in [0.1, 0.15) is 30.2 Å². The van der Waals surface area contributed by atoms with Crippen LogP contribution < -0.4 is 71.6 Å². The lowest BCUT2D eigenvalue weighted by Crippen LogP contribution is -2.63. The summed E-state index contributed by atoms with van der Waals surface area (Å²) in [6.45, 7) is 4.73. The van der Waals surface area contributed by atoms with Gasteiger partial charge in [-0.2, -0.15) is 0 Å². The summed E-state index contributed by atoms with van der Waals surface area (Å²) < 4.78 is 0. The first kappa shape index (κ1) is 83.2. The van der Waals surface area contributed by atoms with Gasteiger partial charge in [-0.3, -0.25) is 43.2 Å². The number of nitrogens with two attached hydrogens (primary N) is 6. The lowest BCUT2D eigenvalue weighted by Gasteiger charge is -2.31. The molecule has 23 N–H and O–H groups in total. The van der Waals surface area contributed by atoms with E-state index in [0.717, 1.165) is 83.5 Å². The van der Waals surface area contributed by atoms with Crippen LogP contribution in [-0.4, -0.2) is 165 Å². The van der Waals surface area contributed by atoms with Crippen LogP contribution in [0.25, 0.3) is 0 Å². The fourth-order valence-electron chi connectivity index (χ4n) is 11.6. The number of hydrogen-bond donors (Lipinski definition) is 17. The molecule has 12 unspecified atom stereocenters. The Balaban J connectivity index is 1.71. The fraction of sp³-hybridized carbons (Fsp3) is 0.776. The van der Waals surface area contributed by atoms with E-state index < -0.39 is 140 Å². The van der Waals surface area contributed by atoms with E-state index in [1.54, 1.807) is 30.3 Å². The van der Waals surface area contributed by atoms with Crippen LogP contribution in [0, 0.1) is 0 Å². The molecule has 0 saturated carbocycles. The molecule has 93 heavy (non-hydrogen) atoms. The van der Waals surface area contributed by atoms with Gasteiger partial charge >= 0.3 is 5.97 Å². The molecule has 14 atom stereocenters. The molecular weight excluding hydrogens is 1190 g/mol. The van der Waals surface area contributed by atoms with Crippen LogP contribution in [0.1, 0.15) is 238 Å². The zero-order chi connectivity index (χ0) is 69.1. The Labute approximate surface area is 552 Å². The molecule has 1 saturated heterocycles. The van der Waals surface area contributed by atoms with E-state index in [2.05, 4.69) is 44.1 Å². The molecule has 8 amide bonds. The van der Waals surface area contributed by atoms with E-state index in [1.807, 2.05) is 0 Å². The molecule has 26 nitrogen and oxygen atoms in total. The minimum absolute atomic E-state index is 0.0900. The van der Waals surface area contributed by atoms with Crippen molar-refractivity contribution in [2.24, 2.45) is 34.4 Å². The summed E-state index contributed by atoms with van der Waals surface area (Å²) >= 11 is 0. The first-order valence-electron chi connectivity index (χ1n) is 34.7. The number of benzene rings is 1. The number of aliphatic hydroxyl groups excluding tert-OH is 3. The van der Waals surface area contributed by atoms with Crippen molar-refractivity contribution in [3.05, 3.63) is 35.9 Å². The number of carbonyl (C=O) groups is 9. The molecule has 1 aromatic rings. The maximum atomic E-state index is 14.0. The van der Waals surface area contributed by atoms with E-state index in [9.17, 15) is 63.6 Å². The largest absolute Gasteiger partial charge is 0.480 e. The van der Waals surface area contributed by atoms with Crippen molar-refractivity contribution in [1.82, 2.24) is 37.2 Å². The van der Waals surface area contributed by atoms with E-state index >= 15 is 0 Å². The second kappa shape index (κ2) is 48.8. The van der Waals surface area contributed by atoms with Crippen molar-refractivity contribution >= 4 is 53.2 Å². The Morgan fingerprint density at radius 3 is 1.52 bits per heavy atom. The summed E-state index contributed by atoms with van der Waals surface area (Å²) in [6, 6.07) is -1.63. The van der Waals surface area contributed by atoms with E-state index in [-0.39, 0.29) is 25.4 Å². The van der Waals surface area contributed by atoms with Gasteiger partial charge in [-0.1, -0.05) is 159 Å². The summed E-state index contributed by atoms with van der Waals surface area (Å²) in [5.41, 5.74) is 36.6. The molecule has 2 rings (SSSR count). The Hall–Kier alpha value is -5.87. The average Bonchev–Trinajstić information content (AvgIpc) is 1.93. The van der Waals surface area contributed by atoms with E-state index in [1.165, 1.54) is 104 Å². The number of amides is 8. The Bertz CT molecular complexity index is 2320. The predicted octanol–water partition coefficient (Wildman–Crippen LogP) is 2.49. The molecule has 0 radical (unpaired) electrons. The SMILES string of the molecule is CC(N)CCCCCCCC(N)CCCCCCCC(N)CCCCCCCC(N)CCCCCCCC(O)CCNC(=O)CC(O)C(NC(=O)C1NC(=O)C(CC(N)=O)NC(=O)C(NC(=O)[C@H](Cc2ccccc2)NC(=O)CC(N)C(=O)O)CC(=O)NC1C)[C@@H](C)O. The molecule has 532 valence electrons.